The number of piperazine rings is 1. The molecule has 0 spiro atoms. The van der Waals surface area contributed by atoms with Crippen LogP contribution in [0, 0.1) is 0 Å². The molecular weight excluding hydrogens is 371 g/mol. The first-order chi connectivity index (χ1) is 12.2. The van der Waals surface area contributed by atoms with E-state index in [0.717, 1.165) is 30.6 Å². The van der Waals surface area contributed by atoms with Crippen LogP contribution in [0.5, 0.6) is 0 Å². The highest BCUT2D eigenvalue weighted by molar-refractivity contribution is 6.30. The lowest BCUT2D eigenvalue weighted by Gasteiger charge is -2.39. The fraction of sp³-hybridized carbons (Fsp3) is 0.350. The van der Waals surface area contributed by atoms with Gasteiger partial charge in [-0.05, 0) is 35.2 Å². The van der Waals surface area contributed by atoms with Gasteiger partial charge < -0.3 is 15.0 Å². The zero-order valence-electron chi connectivity index (χ0n) is 14.4. The summed E-state index contributed by atoms with van der Waals surface area (Å²) in [6.07, 6.45) is 0.351. The van der Waals surface area contributed by atoms with Gasteiger partial charge in [-0.15, -0.1) is 12.4 Å². The van der Waals surface area contributed by atoms with Crippen LogP contribution in [0.25, 0.3) is 0 Å². The Labute approximate surface area is 164 Å². The minimum atomic E-state index is -0.510. The van der Waals surface area contributed by atoms with Gasteiger partial charge in [0, 0.05) is 24.7 Å². The first-order valence-corrected chi connectivity index (χ1v) is 9.08. The van der Waals surface area contributed by atoms with Crippen molar-refractivity contribution < 1.29 is 9.53 Å². The Morgan fingerprint density at radius 3 is 2.88 bits per heavy atom. The van der Waals surface area contributed by atoms with E-state index in [1.165, 1.54) is 5.56 Å². The molecule has 0 aliphatic carbocycles. The number of carbonyl (C=O) groups is 1. The van der Waals surface area contributed by atoms with Crippen LogP contribution in [-0.4, -0.2) is 37.0 Å². The third-order valence-electron chi connectivity index (χ3n) is 4.98. The summed E-state index contributed by atoms with van der Waals surface area (Å²) in [6.45, 7) is 2.76. The number of benzene rings is 2. The Balaban J connectivity index is 0.00000196. The quantitative estimate of drug-likeness (QED) is 0.849. The summed E-state index contributed by atoms with van der Waals surface area (Å²) in [6, 6.07) is 15.8. The van der Waals surface area contributed by atoms with Crippen LogP contribution >= 0.6 is 24.0 Å². The van der Waals surface area contributed by atoms with E-state index in [-0.39, 0.29) is 24.4 Å². The van der Waals surface area contributed by atoms with Crippen molar-refractivity contribution in [2.75, 3.05) is 26.2 Å². The van der Waals surface area contributed by atoms with Gasteiger partial charge in [-0.25, -0.2) is 0 Å². The van der Waals surface area contributed by atoms with Gasteiger partial charge in [-0.3, -0.25) is 4.79 Å². The molecule has 4 rings (SSSR count). The Morgan fingerprint density at radius 1 is 1.19 bits per heavy atom. The molecular formula is C20H22Cl2N2O2. The molecule has 6 heteroatoms. The van der Waals surface area contributed by atoms with E-state index in [0.29, 0.717) is 18.2 Å². The largest absolute Gasteiger partial charge is 0.363 e. The number of ether oxygens (including phenoxy) is 1. The summed E-state index contributed by atoms with van der Waals surface area (Å²) < 4.78 is 5.89. The van der Waals surface area contributed by atoms with Crippen LogP contribution in [0.2, 0.25) is 5.02 Å². The van der Waals surface area contributed by atoms with Gasteiger partial charge in [-0.1, -0.05) is 48.0 Å². The van der Waals surface area contributed by atoms with Crippen molar-refractivity contribution in [1.29, 1.82) is 0 Å². The van der Waals surface area contributed by atoms with Crippen LogP contribution in [0.1, 0.15) is 28.8 Å². The smallest absolute Gasteiger partial charge is 0.256 e. The highest BCUT2D eigenvalue weighted by Gasteiger charge is 2.35. The van der Waals surface area contributed by atoms with Crippen LogP contribution in [0.3, 0.4) is 0 Å². The van der Waals surface area contributed by atoms with Crippen molar-refractivity contribution in [3.63, 3.8) is 0 Å². The number of nitrogens with one attached hydrogen (secondary N) is 1. The Morgan fingerprint density at radius 2 is 2.04 bits per heavy atom. The third kappa shape index (κ3) is 3.74. The van der Waals surface area contributed by atoms with Crippen LogP contribution in [0.15, 0.2) is 48.5 Å². The SMILES string of the molecule is Cl.O=C(C1OCCc2ccccc21)N1CCNCC1c1cccc(Cl)c1. The second-order valence-electron chi connectivity index (χ2n) is 6.51. The first-order valence-electron chi connectivity index (χ1n) is 8.70. The molecule has 1 fully saturated rings. The normalized spacial score (nSPS) is 22.3. The minimum Gasteiger partial charge on any atom is -0.363 e. The maximum absolute atomic E-state index is 13.3. The van der Waals surface area contributed by atoms with E-state index < -0.39 is 6.10 Å². The van der Waals surface area contributed by atoms with E-state index >= 15 is 0 Å². The zero-order valence-corrected chi connectivity index (χ0v) is 15.9. The van der Waals surface area contributed by atoms with E-state index in [4.69, 9.17) is 16.3 Å². The topological polar surface area (TPSA) is 41.6 Å². The molecule has 0 radical (unpaired) electrons. The monoisotopic (exact) mass is 392 g/mol. The number of rotatable bonds is 2. The average molecular weight is 393 g/mol. The molecule has 0 saturated carbocycles. The number of amides is 1. The molecule has 2 aromatic rings. The van der Waals surface area contributed by atoms with Gasteiger partial charge in [0.25, 0.3) is 5.91 Å². The predicted molar refractivity (Wildman–Crippen MR) is 105 cm³/mol. The summed E-state index contributed by atoms with van der Waals surface area (Å²) >= 11 is 6.16. The van der Waals surface area contributed by atoms with Crippen molar-refractivity contribution in [2.45, 2.75) is 18.6 Å². The minimum absolute atomic E-state index is 0. The first kappa shape index (κ1) is 19.2. The molecule has 0 bridgehead atoms. The summed E-state index contributed by atoms with van der Waals surface area (Å²) in [7, 11) is 0. The average Bonchev–Trinajstić information content (AvgIpc) is 2.67. The molecule has 0 aromatic heterocycles. The number of carbonyl (C=O) groups excluding carboxylic acids is 1. The Bertz CT molecular complexity index is 784. The van der Waals surface area contributed by atoms with Gasteiger partial charge in [0.05, 0.1) is 12.6 Å². The second kappa shape index (κ2) is 8.40. The molecule has 1 amide bonds. The molecule has 138 valence electrons. The molecule has 2 unspecified atom stereocenters. The lowest BCUT2D eigenvalue weighted by Crippen LogP contribution is -2.50. The maximum atomic E-state index is 13.3. The van der Waals surface area contributed by atoms with Crippen LogP contribution in [0.4, 0.5) is 0 Å². The summed E-state index contributed by atoms with van der Waals surface area (Å²) in [4.78, 5) is 15.3. The van der Waals surface area contributed by atoms with Crippen molar-refractivity contribution >= 4 is 29.9 Å². The van der Waals surface area contributed by atoms with Crippen LogP contribution < -0.4 is 5.32 Å². The molecule has 2 heterocycles. The number of fused-ring (bicyclic) bond motifs is 1. The highest BCUT2D eigenvalue weighted by Crippen LogP contribution is 2.32. The number of hydrogen-bond acceptors (Lipinski definition) is 3. The lowest BCUT2D eigenvalue weighted by atomic mass is 9.95. The zero-order chi connectivity index (χ0) is 17.2. The fourth-order valence-corrected chi connectivity index (χ4v) is 3.93. The molecule has 2 atom stereocenters. The lowest BCUT2D eigenvalue weighted by molar-refractivity contribution is -0.148. The van der Waals surface area contributed by atoms with Gasteiger partial charge in [0.1, 0.15) is 0 Å². The number of halogens is 2. The van der Waals surface area contributed by atoms with E-state index in [2.05, 4.69) is 11.4 Å². The van der Waals surface area contributed by atoms with E-state index in [9.17, 15) is 4.79 Å². The maximum Gasteiger partial charge on any atom is 0.256 e. The summed E-state index contributed by atoms with van der Waals surface area (Å²) in [5.41, 5.74) is 3.26. The fourth-order valence-electron chi connectivity index (χ4n) is 3.73. The van der Waals surface area contributed by atoms with Crippen molar-refractivity contribution in [3.8, 4) is 0 Å². The second-order valence-corrected chi connectivity index (χ2v) is 6.94. The van der Waals surface area contributed by atoms with Gasteiger partial charge in [0.2, 0.25) is 0 Å². The van der Waals surface area contributed by atoms with Gasteiger partial charge in [0.15, 0.2) is 6.10 Å². The molecule has 4 nitrogen and oxygen atoms in total. The van der Waals surface area contributed by atoms with E-state index in [1.54, 1.807) is 0 Å². The van der Waals surface area contributed by atoms with Crippen molar-refractivity contribution in [1.82, 2.24) is 10.2 Å². The van der Waals surface area contributed by atoms with Crippen molar-refractivity contribution in [3.05, 3.63) is 70.2 Å². The van der Waals surface area contributed by atoms with Crippen LogP contribution in [-0.2, 0) is 16.0 Å². The number of hydrogen-bond donors (Lipinski definition) is 1. The van der Waals surface area contributed by atoms with Gasteiger partial charge >= 0.3 is 0 Å². The Hall–Kier alpha value is -1.59. The van der Waals surface area contributed by atoms with E-state index in [1.807, 2.05) is 47.4 Å². The number of nitrogens with zero attached hydrogens (tertiary/aromatic N) is 1. The standard InChI is InChI=1S/C20H21ClN2O2.ClH/c21-16-6-3-5-15(12-16)18-13-22-9-10-23(18)20(24)19-17-7-2-1-4-14(17)8-11-25-19;/h1-7,12,18-19,22H,8-11,13H2;1H. The molecule has 2 aromatic carbocycles. The predicted octanol–water partition coefficient (Wildman–Crippen LogP) is 3.55. The molecule has 2 aliphatic rings. The molecule has 26 heavy (non-hydrogen) atoms. The molecule has 2 aliphatic heterocycles. The molecule has 1 N–H and O–H groups in total. The van der Waals surface area contributed by atoms with Crippen molar-refractivity contribution in [2.24, 2.45) is 0 Å². The summed E-state index contributed by atoms with van der Waals surface area (Å²) in [5.74, 6) is 0.0404. The Kier molecular flexibility index (Phi) is 6.20. The third-order valence-corrected chi connectivity index (χ3v) is 5.21. The summed E-state index contributed by atoms with van der Waals surface area (Å²) in [5, 5.41) is 4.07. The highest BCUT2D eigenvalue weighted by atomic mass is 35.5. The molecule has 1 saturated heterocycles. The van der Waals surface area contributed by atoms with Gasteiger partial charge in [-0.2, -0.15) is 0 Å².